The quantitative estimate of drug-likeness (QED) is 0.775. The molecule has 7 heteroatoms. The third kappa shape index (κ3) is 4.71. The molecule has 118 valence electrons. The van der Waals surface area contributed by atoms with Gasteiger partial charge in [0.25, 0.3) is 0 Å². The molecule has 1 aromatic heterocycles. The number of hydrogen-bond acceptors (Lipinski definition) is 7. The van der Waals surface area contributed by atoms with Crippen LogP contribution in [0.4, 0.5) is 17.6 Å². The van der Waals surface area contributed by atoms with Gasteiger partial charge in [0.2, 0.25) is 5.95 Å². The summed E-state index contributed by atoms with van der Waals surface area (Å²) in [7, 11) is 4.23. The fourth-order valence-electron chi connectivity index (χ4n) is 2.43. The highest BCUT2D eigenvalue weighted by atomic mass is 15.3. The van der Waals surface area contributed by atoms with Crippen LogP contribution < -0.4 is 16.0 Å². The Morgan fingerprint density at radius 3 is 2.57 bits per heavy atom. The fourth-order valence-corrected chi connectivity index (χ4v) is 2.43. The van der Waals surface area contributed by atoms with Crippen molar-refractivity contribution in [1.29, 1.82) is 0 Å². The zero-order valence-corrected chi connectivity index (χ0v) is 13.3. The molecule has 0 bridgehead atoms. The van der Waals surface area contributed by atoms with E-state index in [1.807, 2.05) is 13.0 Å². The van der Waals surface area contributed by atoms with E-state index in [-0.39, 0.29) is 0 Å². The summed E-state index contributed by atoms with van der Waals surface area (Å²) in [5.41, 5.74) is 5.80. The summed E-state index contributed by atoms with van der Waals surface area (Å²) in [5.74, 6) is 2.05. The lowest BCUT2D eigenvalue weighted by molar-refractivity contribution is 0.229. The first-order valence-electron chi connectivity index (χ1n) is 7.59. The molecule has 21 heavy (non-hydrogen) atoms. The van der Waals surface area contributed by atoms with Gasteiger partial charge in [-0.1, -0.05) is 0 Å². The molecule has 1 aliphatic rings. The summed E-state index contributed by atoms with van der Waals surface area (Å²) in [6.07, 6.45) is 0. The van der Waals surface area contributed by atoms with Crippen LogP contribution in [0.25, 0.3) is 0 Å². The molecule has 7 nitrogen and oxygen atoms in total. The van der Waals surface area contributed by atoms with Crippen LogP contribution >= 0.6 is 0 Å². The molecule has 0 radical (unpaired) electrons. The fraction of sp³-hybridized carbons (Fsp3) is 0.714. The monoisotopic (exact) mass is 293 g/mol. The second-order valence-electron chi connectivity index (χ2n) is 5.63. The molecule has 0 saturated carbocycles. The van der Waals surface area contributed by atoms with E-state index in [0.29, 0.717) is 5.95 Å². The molecule has 1 fully saturated rings. The Hall–Kier alpha value is -1.60. The van der Waals surface area contributed by atoms with Crippen LogP contribution in [0, 0.1) is 0 Å². The Morgan fingerprint density at radius 2 is 1.95 bits per heavy atom. The van der Waals surface area contributed by atoms with Gasteiger partial charge < -0.3 is 20.9 Å². The molecule has 0 aliphatic carbocycles. The molecule has 3 N–H and O–H groups in total. The van der Waals surface area contributed by atoms with E-state index in [0.717, 1.165) is 57.4 Å². The molecular weight excluding hydrogens is 266 g/mol. The Labute approximate surface area is 127 Å². The maximum Gasteiger partial charge on any atom is 0.223 e. The van der Waals surface area contributed by atoms with Gasteiger partial charge in [0.15, 0.2) is 0 Å². The number of aromatic nitrogens is 2. The summed E-state index contributed by atoms with van der Waals surface area (Å²) >= 11 is 0. The lowest BCUT2D eigenvalue weighted by Crippen LogP contribution is -2.48. The second kappa shape index (κ2) is 7.42. The first-order chi connectivity index (χ1) is 10.1. The predicted octanol–water partition coefficient (Wildman–Crippen LogP) is 0.174. The highest BCUT2D eigenvalue weighted by Crippen LogP contribution is 2.18. The van der Waals surface area contributed by atoms with Crippen LogP contribution in [0.15, 0.2) is 6.07 Å². The standard InChI is InChI=1S/C14H27N7/c1-4-16-12-11-13(18-14(15)17-12)21-9-7-20(8-10-21)6-5-19(2)3/h11H,4-10H2,1-3H3,(H3,15,16,17,18). The molecular formula is C14H27N7. The summed E-state index contributed by atoms with van der Waals surface area (Å²) in [6, 6.07) is 1.98. The molecule has 0 atom stereocenters. The van der Waals surface area contributed by atoms with Crippen molar-refractivity contribution < 1.29 is 0 Å². The molecule has 0 aromatic carbocycles. The van der Waals surface area contributed by atoms with Crippen LogP contribution in [-0.4, -0.2) is 79.7 Å². The number of nitrogen functional groups attached to an aromatic ring is 1. The summed E-state index contributed by atoms with van der Waals surface area (Å²) in [5, 5.41) is 3.20. The number of hydrogen-bond donors (Lipinski definition) is 2. The van der Waals surface area contributed by atoms with Crippen LogP contribution in [0.5, 0.6) is 0 Å². The third-order valence-electron chi connectivity index (χ3n) is 3.65. The number of anilines is 3. The minimum absolute atomic E-state index is 0.332. The van der Waals surface area contributed by atoms with Crippen LogP contribution in [-0.2, 0) is 0 Å². The van der Waals surface area contributed by atoms with E-state index in [1.54, 1.807) is 0 Å². The Balaban J connectivity index is 1.92. The molecule has 2 heterocycles. The largest absolute Gasteiger partial charge is 0.370 e. The molecule has 0 amide bonds. The smallest absolute Gasteiger partial charge is 0.223 e. The zero-order chi connectivity index (χ0) is 15.2. The average Bonchev–Trinajstić information content (AvgIpc) is 2.45. The van der Waals surface area contributed by atoms with E-state index >= 15 is 0 Å². The van der Waals surface area contributed by atoms with Crippen molar-refractivity contribution in [1.82, 2.24) is 19.8 Å². The molecule has 2 rings (SSSR count). The van der Waals surface area contributed by atoms with E-state index < -0.39 is 0 Å². The van der Waals surface area contributed by atoms with Crippen molar-refractivity contribution in [2.24, 2.45) is 0 Å². The molecule has 1 aliphatic heterocycles. The SMILES string of the molecule is CCNc1cc(N2CCN(CCN(C)C)CC2)nc(N)n1. The molecule has 0 unspecified atom stereocenters. The van der Waals surface area contributed by atoms with Crippen LogP contribution in [0.1, 0.15) is 6.92 Å². The minimum Gasteiger partial charge on any atom is -0.370 e. The van der Waals surface area contributed by atoms with Gasteiger partial charge >= 0.3 is 0 Å². The van der Waals surface area contributed by atoms with Gasteiger partial charge in [0.05, 0.1) is 0 Å². The number of rotatable bonds is 6. The predicted molar refractivity (Wildman–Crippen MR) is 87.8 cm³/mol. The maximum absolute atomic E-state index is 5.80. The Bertz CT molecular complexity index is 441. The third-order valence-corrected chi connectivity index (χ3v) is 3.65. The van der Waals surface area contributed by atoms with Gasteiger partial charge in [-0.25, -0.2) is 0 Å². The Kier molecular flexibility index (Phi) is 5.58. The minimum atomic E-state index is 0.332. The number of nitrogens with zero attached hydrogens (tertiary/aromatic N) is 5. The molecule has 1 saturated heterocycles. The van der Waals surface area contributed by atoms with Gasteiger partial charge in [-0.2, -0.15) is 9.97 Å². The van der Waals surface area contributed by atoms with Gasteiger partial charge in [-0.3, -0.25) is 4.90 Å². The van der Waals surface area contributed by atoms with Gasteiger partial charge in [0.1, 0.15) is 11.6 Å². The van der Waals surface area contributed by atoms with Crippen molar-refractivity contribution in [3.05, 3.63) is 6.07 Å². The van der Waals surface area contributed by atoms with Crippen LogP contribution in [0.2, 0.25) is 0 Å². The van der Waals surface area contributed by atoms with Crippen molar-refractivity contribution in [3.63, 3.8) is 0 Å². The van der Waals surface area contributed by atoms with E-state index in [4.69, 9.17) is 5.73 Å². The summed E-state index contributed by atoms with van der Waals surface area (Å²) in [6.45, 7) is 9.18. The van der Waals surface area contributed by atoms with Gasteiger partial charge in [0, 0.05) is 51.9 Å². The van der Waals surface area contributed by atoms with Crippen molar-refractivity contribution in [2.45, 2.75) is 6.92 Å². The van der Waals surface area contributed by atoms with Gasteiger partial charge in [-0.05, 0) is 21.0 Å². The van der Waals surface area contributed by atoms with Crippen LogP contribution in [0.3, 0.4) is 0 Å². The van der Waals surface area contributed by atoms with E-state index in [1.165, 1.54) is 0 Å². The number of piperazine rings is 1. The average molecular weight is 293 g/mol. The van der Waals surface area contributed by atoms with Gasteiger partial charge in [-0.15, -0.1) is 0 Å². The maximum atomic E-state index is 5.80. The molecule has 1 aromatic rings. The lowest BCUT2D eigenvalue weighted by Gasteiger charge is -2.35. The first kappa shape index (κ1) is 15.8. The van der Waals surface area contributed by atoms with Crippen molar-refractivity contribution >= 4 is 17.6 Å². The highest BCUT2D eigenvalue weighted by Gasteiger charge is 2.18. The number of likely N-dealkylation sites (N-methyl/N-ethyl adjacent to an activating group) is 1. The number of nitrogens with one attached hydrogen (secondary N) is 1. The Morgan fingerprint density at radius 1 is 1.24 bits per heavy atom. The first-order valence-corrected chi connectivity index (χ1v) is 7.59. The lowest BCUT2D eigenvalue weighted by atomic mass is 10.3. The van der Waals surface area contributed by atoms with E-state index in [2.05, 4.69) is 44.1 Å². The van der Waals surface area contributed by atoms with Crippen molar-refractivity contribution in [2.75, 3.05) is 75.9 Å². The normalized spacial score (nSPS) is 16.5. The summed E-state index contributed by atoms with van der Waals surface area (Å²) < 4.78 is 0. The second-order valence-corrected chi connectivity index (χ2v) is 5.63. The van der Waals surface area contributed by atoms with E-state index in [9.17, 15) is 0 Å². The highest BCUT2D eigenvalue weighted by molar-refractivity contribution is 5.52. The molecule has 0 spiro atoms. The zero-order valence-electron chi connectivity index (χ0n) is 13.3. The topological polar surface area (TPSA) is 73.5 Å². The van der Waals surface area contributed by atoms with Crippen molar-refractivity contribution in [3.8, 4) is 0 Å². The number of nitrogens with two attached hydrogens (primary N) is 1. The summed E-state index contributed by atoms with van der Waals surface area (Å²) in [4.78, 5) is 15.6.